The molecular formula is C15H12N2O3S. The summed E-state index contributed by atoms with van der Waals surface area (Å²) in [5, 5.41) is 14.6. The zero-order valence-corrected chi connectivity index (χ0v) is 12.0. The second kappa shape index (κ2) is 5.06. The van der Waals surface area contributed by atoms with Gasteiger partial charge >= 0.3 is 5.97 Å². The van der Waals surface area contributed by atoms with Gasteiger partial charge in [0.1, 0.15) is 4.88 Å². The van der Waals surface area contributed by atoms with Crippen LogP contribution >= 0.6 is 11.3 Å². The van der Waals surface area contributed by atoms with Crippen LogP contribution in [0.1, 0.15) is 25.6 Å². The summed E-state index contributed by atoms with van der Waals surface area (Å²) in [5.74, 6) is -1.36. The Bertz CT molecular complexity index is 848. The summed E-state index contributed by atoms with van der Waals surface area (Å²) in [5.41, 5.74) is 2.45. The average molecular weight is 300 g/mol. The Hall–Kier alpha value is -2.60. The van der Waals surface area contributed by atoms with Crippen LogP contribution in [0.25, 0.3) is 10.9 Å². The molecule has 0 aliphatic rings. The molecule has 0 bridgehead atoms. The summed E-state index contributed by atoms with van der Waals surface area (Å²) in [6.07, 6.45) is 1.80. The molecule has 0 radical (unpaired) electrons. The van der Waals surface area contributed by atoms with Crippen molar-refractivity contribution >= 4 is 39.8 Å². The molecule has 0 aliphatic carbocycles. The maximum Gasteiger partial charge on any atom is 0.348 e. The monoisotopic (exact) mass is 300 g/mol. The quantitative estimate of drug-likeness (QED) is 0.692. The predicted molar refractivity (Wildman–Crippen MR) is 82.3 cm³/mol. The highest BCUT2D eigenvalue weighted by Gasteiger charge is 2.18. The number of aromatic carboxylic acids is 1. The molecule has 1 amide bonds. The summed E-state index contributed by atoms with van der Waals surface area (Å²) in [4.78, 5) is 26.6. The lowest BCUT2D eigenvalue weighted by Gasteiger charge is -2.06. The summed E-state index contributed by atoms with van der Waals surface area (Å²) < 4.78 is 0. The van der Waals surface area contributed by atoms with Crippen molar-refractivity contribution in [2.45, 2.75) is 6.92 Å². The first-order valence-electron chi connectivity index (χ1n) is 6.26. The van der Waals surface area contributed by atoms with Crippen molar-refractivity contribution in [1.82, 2.24) is 4.98 Å². The largest absolute Gasteiger partial charge is 0.477 e. The van der Waals surface area contributed by atoms with Crippen LogP contribution in [0.4, 0.5) is 5.69 Å². The number of carbonyl (C=O) groups excluding carboxylic acids is 1. The summed E-state index contributed by atoms with van der Waals surface area (Å²) in [6.45, 7) is 1.77. The molecular weight excluding hydrogens is 288 g/mol. The van der Waals surface area contributed by atoms with Gasteiger partial charge in [0, 0.05) is 17.3 Å². The van der Waals surface area contributed by atoms with Gasteiger partial charge in [0.25, 0.3) is 5.91 Å². The maximum absolute atomic E-state index is 12.3. The number of H-pyrrole nitrogens is 1. The van der Waals surface area contributed by atoms with E-state index in [0.717, 1.165) is 27.8 Å². The highest BCUT2D eigenvalue weighted by atomic mass is 32.1. The van der Waals surface area contributed by atoms with Crippen molar-refractivity contribution in [3.05, 3.63) is 51.8 Å². The van der Waals surface area contributed by atoms with Crippen LogP contribution in [0, 0.1) is 6.92 Å². The van der Waals surface area contributed by atoms with E-state index in [1.165, 1.54) is 0 Å². The molecule has 0 unspecified atom stereocenters. The Kier molecular flexibility index (Phi) is 3.23. The smallest absolute Gasteiger partial charge is 0.348 e. The van der Waals surface area contributed by atoms with Crippen molar-refractivity contribution in [1.29, 1.82) is 0 Å². The van der Waals surface area contributed by atoms with Crippen molar-refractivity contribution in [3.63, 3.8) is 0 Å². The van der Waals surface area contributed by atoms with Crippen LogP contribution in [-0.2, 0) is 0 Å². The molecule has 2 aromatic heterocycles. The molecule has 3 N–H and O–H groups in total. The summed E-state index contributed by atoms with van der Waals surface area (Å²) in [6, 6.07) is 7.22. The Morgan fingerprint density at radius 1 is 1.29 bits per heavy atom. The third-order valence-corrected chi connectivity index (χ3v) is 4.31. The zero-order valence-electron chi connectivity index (χ0n) is 11.1. The van der Waals surface area contributed by atoms with Crippen LogP contribution < -0.4 is 5.32 Å². The lowest BCUT2D eigenvalue weighted by atomic mass is 10.1. The molecule has 0 fully saturated rings. The number of amides is 1. The molecule has 6 heteroatoms. The molecule has 0 saturated heterocycles. The average Bonchev–Trinajstić information content (AvgIpc) is 3.05. The van der Waals surface area contributed by atoms with Gasteiger partial charge in [-0.3, -0.25) is 4.79 Å². The minimum absolute atomic E-state index is 0.141. The number of aromatic amines is 1. The van der Waals surface area contributed by atoms with Gasteiger partial charge in [0.05, 0.1) is 5.69 Å². The first kappa shape index (κ1) is 13.4. The van der Waals surface area contributed by atoms with Gasteiger partial charge in [0.2, 0.25) is 0 Å². The third kappa shape index (κ3) is 2.41. The van der Waals surface area contributed by atoms with E-state index in [4.69, 9.17) is 5.11 Å². The van der Waals surface area contributed by atoms with E-state index in [-0.39, 0.29) is 10.8 Å². The number of hydrogen-bond acceptors (Lipinski definition) is 3. The first-order chi connectivity index (χ1) is 10.1. The van der Waals surface area contributed by atoms with E-state index < -0.39 is 5.97 Å². The van der Waals surface area contributed by atoms with Crippen molar-refractivity contribution in [2.24, 2.45) is 0 Å². The van der Waals surface area contributed by atoms with E-state index in [0.29, 0.717) is 11.3 Å². The molecule has 0 aliphatic heterocycles. The van der Waals surface area contributed by atoms with Gasteiger partial charge in [-0.05, 0) is 41.5 Å². The second-order valence-electron chi connectivity index (χ2n) is 4.66. The van der Waals surface area contributed by atoms with E-state index in [1.807, 2.05) is 12.1 Å². The molecule has 3 rings (SSSR count). The van der Waals surface area contributed by atoms with Crippen LogP contribution in [0.5, 0.6) is 0 Å². The minimum Gasteiger partial charge on any atom is -0.477 e. The highest BCUT2D eigenvalue weighted by molar-refractivity contribution is 7.12. The van der Waals surface area contributed by atoms with Crippen LogP contribution in [0.3, 0.4) is 0 Å². The van der Waals surface area contributed by atoms with Gasteiger partial charge in [-0.1, -0.05) is 6.07 Å². The van der Waals surface area contributed by atoms with Crippen molar-refractivity contribution in [3.8, 4) is 0 Å². The Morgan fingerprint density at radius 2 is 2.10 bits per heavy atom. The lowest BCUT2D eigenvalue weighted by Crippen LogP contribution is -2.14. The number of thiophene rings is 1. The number of aromatic nitrogens is 1. The minimum atomic E-state index is -1.04. The van der Waals surface area contributed by atoms with E-state index in [2.05, 4.69) is 10.3 Å². The summed E-state index contributed by atoms with van der Waals surface area (Å²) in [7, 11) is 0. The van der Waals surface area contributed by atoms with Gasteiger partial charge in [-0.15, -0.1) is 11.3 Å². The SMILES string of the molecule is Cc1csc(C(=O)O)c1NC(=O)c1ccc2cc[nH]c2c1. The number of benzene rings is 1. The van der Waals surface area contributed by atoms with Crippen LogP contribution in [0.15, 0.2) is 35.8 Å². The van der Waals surface area contributed by atoms with Gasteiger partial charge < -0.3 is 15.4 Å². The number of fused-ring (bicyclic) bond motifs is 1. The third-order valence-electron chi connectivity index (χ3n) is 3.22. The molecule has 21 heavy (non-hydrogen) atoms. The van der Waals surface area contributed by atoms with Crippen LogP contribution in [-0.4, -0.2) is 22.0 Å². The highest BCUT2D eigenvalue weighted by Crippen LogP contribution is 2.28. The molecule has 5 nitrogen and oxygen atoms in total. The molecule has 3 aromatic rings. The zero-order chi connectivity index (χ0) is 15.0. The number of carboxylic acid groups (broad SMARTS) is 1. The summed E-state index contributed by atoms with van der Waals surface area (Å²) >= 11 is 1.10. The number of carbonyl (C=O) groups is 2. The normalized spacial score (nSPS) is 10.7. The van der Waals surface area contributed by atoms with E-state index >= 15 is 0 Å². The lowest BCUT2D eigenvalue weighted by molar-refractivity contribution is 0.0703. The fraction of sp³-hybridized carbons (Fsp3) is 0.0667. The number of aryl methyl sites for hydroxylation is 1. The maximum atomic E-state index is 12.3. The molecule has 0 saturated carbocycles. The molecule has 106 valence electrons. The Labute approximate surface area is 124 Å². The van der Waals surface area contributed by atoms with Gasteiger partial charge in [-0.2, -0.15) is 0 Å². The Balaban J connectivity index is 1.92. The predicted octanol–water partition coefficient (Wildman–Crippen LogP) is 3.49. The Morgan fingerprint density at radius 3 is 2.86 bits per heavy atom. The van der Waals surface area contributed by atoms with Crippen LogP contribution in [0.2, 0.25) is 0 Å². The molecule has 0 spiro atoms. The van der Waals surface area contributed by atoms with Gasteiger partial charge in [-0.25, -0.2) is 4.79 Å². The number of rotatable bonds is 3. The van der Waals surface area contributed by atoms with Crippen molar-refractivity contribution < 1.29 is 14.7 Å². The fourth-order valence-electron chi connectivity index (χ4n) is 2.13. The van der Waals surface area contributed by atoms with E-state index in [9.17, 15) is 9.59 Å². The second-order valence-corrected chi connectivity index (χ2v) is 5.54. The van der Waals surface area contributed by atoms with Crippen molar-refractivity contribution in [2.75, 3.05) is 5.32 Å². The van der Waals surface area contributed by atoms with E-state index in [1.54, 1.807) is 30.6 Å². The fourth-order valence-corrected chi connectivity index (χ4v) is 2.97. The van der Waals surface area contributed by atoms with Gasteiger partial charge in [0.15, 0.2) is 0 Å². The first-order valence-corrected chi connectivity index (χ1v) is 7.14. The standard InChI is InChI=1S/C15H12N2O3S/c1-8-7-21-13(15(19)20)12(8)17-14(18)10-3-2-9-4-5-16-11(9)6-10/h2-7,16H,1H3,(H,17,18)(H,19,20). The molecule has 0 atom stereocenters. The number of anilines is 1. The topological polar surface area (TPSA) is 82.2 Å². The number of hydrogen-bond donors (Lipinski definition) is 3. The number of carboxylic acids is 1. The molecule has 1 aromatic carbocycles. The number of nitrogens with one attached hydrogen (secondary N) is 2. The molecule has 2 heterocycles.